The van der Waals surface area contributed by atoms with Crippen molar-refractivity contribution in [1.82, 2.24) is 4.90 Å². The number of benzene rings is 1. The zero-order valence-corrected chi connectivity index (χ0v) is 15.3. The number of hydrogen-bond donors (Lipinski definition) is 1. The summed E-state index contributed by atoms with van der Waals surface area (Å²) in [5.41, 5.74) is 0.791. The molecular weight excluding hydrogens is 419 g/mol. The fourth-order valence-electron chi connectivity index (χ4n) is 1.95. The van der Waals surface area contributed by atoms with Crippen molar-refractivity contribution in [1.29, 1.82) is 0 Å². The lowest BCUT2D eigenvalue weighted by Gasteiger charge is -2.15. The average Bonchev–Trinajstić information content (AvgIpc) is 2.74. The van der Waals surface area contributed by atoms with Gasteiger partial charge in [0.25, 0.3) is 0 Å². The fourth-order valence-corrected chi connectivity index (χ4v) is 3.95. The van der Waals surface area contributed by atoms with E-state index in [4.69, 9.17) is 12.2 Å². The maximum atomic E-state index is 12.1. The molecule has 1 saturated heterocycles. The SMILES string of the molecule is CCC1SC(=S)N(CCC(=O)Nc2ccccc2I)C1=O. The van der Waals surface area contributed by atoms with Crippen molar-refractivity contribution in [2.75, 3.05) is 11.9 Å². The molecule has 1 aromatic carbocycles. The molecular formula is C14H15IN2O2S2. The molecule has 112 valence electrons. The Bertz CT molecular complexity index is 580. The fraction of sp³-hybridized carbons (Fsp3) is 0.357. The van der Waals surface area contributed by atoms with E-state index in [1.807, 2.05) is 31.2 Å². The minimum atomic E-state index is -0.111. The molecule has 0 bridgehead atoms. The van der Waals surface area contributed by atoms with E-state index in [0.717, 1.165) is 15.7 Å². The first-order chi connectivity index (χ1) is 10.0. The first kappa shape index (κ1) is 16.7. The van der Waals surface area contributed by atoms with Crippen molar-refractivity contribution in [2.24, 2.45) is 0 Å². The Morgan fingerprint density at radius 1 is 1.48 bits per heavy atom. The molecule has 1 aromatic rings. The number of carbonyl (C=O) groups excluding carboxylic acids is 2. The van der Waals surface area contributed by atoms with E-state index in [-0.39, 0.29) is 23.5 Å². The van der Waals surface area contributed by atoms with Gasteiger partial charge in [0, 0.05) is 16.5 Å². The highest BCUT2D eigenvalue weighted by Gasteiger charge is 2.35. The molecule has 1 fully saturated rings. The second kappa shape index (κ2) is 7.55. The molecule has 0 saturated carbocycles. The number of rotatable bonds is 5. The van der Waals surface area contributed by atoms with Gasteiger partial charge in [-0.25, -0.2) is 0 Å². The van der Waals surface area contributed by atoms with Crippen molar-refractivity contribution in [3.63, 3.8) is 0 Å². The second-order valence-corrected chi connectivity index (χ2v) is 7.55. The number of thioether (sulfide) groups is 1. The van der Waals surface area contributed by atoms with Crippen molar-refractivity contribution in [3.05, 3.63) is 27.8 Å². The predicted molar refractivity (Wildman–Crippen MR) is 98.4 cm³/mol. The van der Waals surface area contributed by atoms with Crippen LogP contribution in [0.2, 0.25) is 0 Å². The molecule has 1 N–H and O–H groups in total. The molecule has 1 unspecified atom stereocenters. The van der Waals surface area contributed by atoms with Crippen molar-refractivity contribution < 1.29 is 9.59 Å². The maximum absolute atomic E-state index is 12.1. The molecule has 7 heteroatoms. The summed E-state index contributed by atoms with van der Waals surface area (Å²) in [5, 5.41) is 2.77. The Hall–Kier alpha value is -0.670. The second-order valence-electron chi connectivity index (χ2n) is 4.55. The molecule has 0 radical (unpaired) electrons. The van der Waals surface area contributed by atoms with Gasteiger partial charge in [-0.15, -0.1) is 0 Å². The van der Waals surface area contributed by atoms with Gasteiger partial charge in [-0.3, -0.25) is 14.5 Å². The van der Waals surface area contributed by atoms with Gasteiger partial charge in [0.1, 0.15) is 4.32 Å². The number of thiocarbonyl (C=S) groups is 1. The van der Waals surface area contributed by atoms with Crippen LogP contribution in [0.5, 0.6) is 0 Å². The number of halogens is 1. The van der Waals surface area contributed by atoms with Gasteiger partial charge in [-0.1, -0.05) is 43.0 Å². The lowest BCUT2D eigenvalue weighted by molar-refractivity contribution is -0.126. The van der Waals surface area contributed by atoms with Gasteiger partial charge in [-0.05, 0) is 41.1 Å². The zero-order chi connectivity index (χ0) is 15.4. The average molecular weight is 434 g/mol. The number of amides is 2. The number of nitrogens with one attached hydrogen (secondary N) is 1. The summed E-state index contributed by atoms with van der Waals surface area (Å²) in [7, 11) is 0. The van der Waals surface area contributed by atoms with E-state index in [2.05, 4.69) is 27.9 Å². The molecule has 1 aliphatic heterocycles. The lowest BCUT2D eigenvalue weighted by atomic mass is 10.2. The summed E-state index contributed by atoms with van der Waals surface area (Å²) in [4.78, 5) is 25.6. The van der Waals surface area contributed by atoms with Crippen molar-refractivity contribution in [3.8, 4) is 0 Å². The van der Waals surface area contributed by atoms with Gasteiger partial charge >= 0.3 is 0 Å². The van der Waals surface area contributed by atoms with Crippen LogP contribution in [-0.2, 0) is 9.59 Å². The molecule has 0 aliphatic carbocycles. The third-order valence-corrected chi connectivity index (χ3v) is 5.78. The molecule has 2 rings (SSSR count). The third-order valence-electron chi connectivity index (χ3n) is 3.09. The Morgan fingerprint density at radius 3 is 2.81 bits per heavy atom. The molecule has 1 atom stereocenters. The molecule has 1 heterocycles. The van der Waals surface area contributed by atoms with Gasteiger partial charge in [0.15, 0.2) is 0 Å². The smallest absolute Gasteiger partial charge is 0.241 e. The van der Waals surface area contributed by atoms with Crippen LogP contribution in [0.25, 0.3) is 0 Å². The largest absolute Gasteiger partial charge is 0.325 e. The van der Waals surface area contributed by atoms with Crippen molar-refractivity contribution in [2.45, 2.75) is 25.0 Å². The van der Waals surface area contributed by atoms with E-state index in [1.54, 1.807) is 4.90 Å². The molecule has 0 spiro atoms. The van der Waals surface area contributed by atoms with E-state index in [0.29, 0.717) is 10.9 Å². The van der Waals surface area contributed by atoms with Crippen LogP contribution in [0.4, 0.5) is 5.69 Å². The molecule has 21 heavy (non-hydrogen) atoms. The first-order valence-corrected chi connectivity index (χ1v) is 8.96. The Morgan fingerprint density at radius 2 is 2.19 bits per heavy atom. The topological polar surface area (TPSA) is 49.4 Å². The highest BCUT2D eigenvalue weighted by atomic mass is 127. The van der Waals surface area contributed by atoms with E-state index in [1.165, 1.54) is 11.8 Å². The van der Waals surface area contributed by atoms with Crippen LogP contribution in [0.15, 0.2) is 24.3 Å². The normalized spacial score (nSPS) is 18.2. The van der Waals surface area contributed by atoms with Crippen LogP contribution in [0.3, 0.4) is 0 Å². The highest BCUT2D eigenvalue weighted by molar-refractivity contribution is 14.1. The summed E-state index contributed by atoms with van der Waals surface area (Å²) in [6.45, 7) is 2.31. The van der Waals surface area contributed by atoms with Crippen LogP contribution in [0.1, 0.15) is 19.8 Å². The number of nitrogens with zero attached hydrogens (tertiary/aromatic N) is 1. The van der Waals surface area contributed by atoms with Crippen LogP contribution in [0, 0.1) is 3.57 Å². The van der Waals surface area contributed by atoms with Gasteiger partial charge in [-0.2, -0.15) is 0 Å². The summed E-state index contributed by atoms with van der Waals surface area (Å²) in [6.07, 6.45) is 1.00. The summed E-state index contributed by atoms with van der Waals surface area (Å²) in [6, 6.07) is 7.58. The molecule has 0 aromatic heterocycles. The monoisotopic (exact) mass is 434 g/mol. The maximum Gasteiger partial charge on any atom is 0.241 e. The van der Waals surface area contributed by atoms with Crippen LogP contribution < -0.4 is 5.32 Å². The molecule has 1 aliphatic rings. The summed E-state index contributed by atoms with van der Waals surface area (Å²) < 4.78 is 1.56. The van der Waals surface area contributed by atoms with Gasteiger partial charge in [0.05, 0.1) is 10.9 Å². The lowest BCUT2D eigenvalue weighted by Crippen LogP contribution is -2.34. The minimum absolute atomic E-state index is 0.0228. The highest BCUT2D eigenvalue weighted by Crippen LogP contribution is 2.29. The molecule has 4 nitrogen and oxygen atoms in total. The quantitative estimate of drug-likeness (QED) is 0.571. The Labute approximate surface area is 147 Å². The van der Waals surface area contributed by atoms with Crippen LogP contribution in [-0.4, -0.2) is 32.8 Å². The van der Waals surface area contributed by atoms with E-state index in [9.17, 15) is 9.59 Å². The molecule has 2 amide bonds. The van der Waals surface area contributed by atoms with E-state index >= 15 is 0 Å². The minimum Gasteiger partial charge on any atom is -0.325 e. The Balaban J connectivity index is 1.89. The third kappa shape index (κ3) is 4.17. The first-order valence-electron chi connectivity index (χ1n) is 6.59. The number of hydrogen-bond acceptors (Lipinski definition) is 4. The van der Waals surface area contributed by atoms with Gasteiger partial charge < -0.3 is 5.32 Å². The zero-order valence-electron chi connectivity index (χ0n) is 11.5. The Kier molecular flexibility index (Phi) is 6.00. The number of para-hydroxylation sites is 1. The number of carbonyl (C=O) groups is 2. The predicted octanol–water partition coefficient (Wildman–Crippen LogP) is 3.26. The number of anilines is 1. The van der Waals surface area contributed by atoms with E-state index < -0.39 is 0 Å². The van der Waals surface area contributed by atoms with Crippen LogP contribution >= 0.6 is 46.6 Å². The standard InChI is InChI=1S/C14H15IN2O2S2/c1-2-11-13(19)17(14(20)21-11)8-7-12(18)16-10-6-4-3-5-9(10)15/h3-6,11H,2,7-8H2,1H3,(H,16,18). The summed E-state index contributed by atoms with van der Waals surface area (Å²) >= 11 is 8.78. The van der Waals surface area contributed by atoms with Crippen molar-refractivity contribution >= 4 is 68.4 Å². The van der Waals surface area contributed by atoms with Gasteiger partial charge in [0.2, 0.25) is 11.8 Å². The summed E-state index contributed by atoms with van der Waals surface area (Å²) in [5.74, 6) is -0.0887.